The van der Waals surface area contributed by atoms with Crippen LogP contribution in [0, 0.1) is 0 Å². The molecule has 4 heteroatoms. The van der Waals surface area contributed by atoms with Crippen molar-refractivity contribution in [2.75, 3.05) is 18.4 Å². The van der Waals surface area contributed by atoms with Crippen LogP contribution in [0.5, 0.6) is 0 Å². The molecule has 1 amide bonds. The van der Waals surface area contributed by atoms with Crippen LogP contribution in [-0.4, -0.2) is 23.6 Å². The number of nitrogens with zero attached hydrogens (tertiary/aromatic N) is 1. The van der Waals surface area contributed by atoms with E-state index in [9.17, 15) is 4.79 Å². The fourth-order valence-corrected chi connectivity index (χ4v) is 4.10. The molecule has 2 atom stereocenters. The third-order valence-electron chi connectivity index (χ3n) is 5.49. The summed E-state index contributed by atoms with van der Waals surface area (Å²) in [5.74, 6) is 0.0820. The maximum atomic E-state index is 12.6. The van der Waals surface area contributed by atoms with Gasteiger partial charge in [0, 0.05) is 31.8 Å². The van der Waals surface area contributed by atoms with Gasteiger partial charge >= 0.3 is 0 Å². The summed E-state index contributed by atoms with van der Waals surface area (Å²) in [6.07, 6.45) is 4.40. The third kappa shape index (κ3) is 3.96. The van der Waals surface area contributed by atoms with Crippen LogP contribution in [0.15, 0.2) is 72.9 Å². The lowest BCUT2D eigenvalue weighted by Gasteiger charge is -2.21. The summed E-state index contributed by atoms with van der Waals surface area (Å²) < 4.78 is 2.18. The van der Waals surface area contributed by atoms with E-state index in [0.717, 1.165) is 24.2 Å². The average molecular weight is 360 g/mol. The van der Waals surface area contributed by atoms with E-state index in [1.165, 1.54) is 22.6 Å². The van der Waals surface area contributed by atoms with Gasteiger partial charge in [-0.1, -0.05) is 42.5 Å². The Balaban J connectivity index is 1.38. The van der Waals surface area contributed by atoms with Gasteiger partial charge in [-0.2, -0.15) is 0 Å². The Kier molecular flexibility index (Phi) is 5.07. The molecule has 0 radical (unpaired) electrons. The van der Waals surface area contributed by atoms with Crippen molar-refractivity contribution in [2.24, 2.45) is 7.05 Å². The molecule has 0 aliphatic carbocycles. The van der Waals surface area contributed by atoms with Gasteiger partial charge in [0.25, 0.3) is 5.91 Å². The second-order valence-corrected chi connectivity index (χ2v) is 7.32. The number of hydrogen-bond acceptors (Lipinski definition) is 1. The van der Waals surface area contributed by atoms with Gasteiger partial charge < -0.3 is 14.8 Å². The van der Waals surface area contributed by atoms with Crippen molar-refractivity contribution >= 4 is 11.6 Å². The number of anilines is 1. The average Bonchev–Trinajstić information content (AvgIpc) is 3.31. The molecule has 1 aromatic heterocycles. The molecule has 2 aromatic carbocycles. The van der Waals surface area contributed by atoms with E-state index >= 15 is 0 Å². The highest BCUT2D eigenvalue weighted by Crippen LogP contribution is 2.21. The van der Waals surface area contributed by atoms with Crippen molar-refractivity contribution in [2.45, 2.75) is 18.9 Å². The molecule has 27 heavy (non-hydrogen) atoms. The first-order chi connectivity index (χ1) is 13.2. The first kappa shape index (κ1) is 17.6. The third-order valence-corrected chi connectivity index (χ3v) is 5.49. The maximum absolute atomic E-state index is 12.6. The van der Waals surface area contributed by atoms with Gasteiger partial charge in [0.15, 0.2) is 6.54 Å². The van der Waals surface area contributed by atoms with Crippen molar-refractivity contribution in [1.82, 2.24) is 4.57 Å². The van der Waals surface area contributed by atoms with Gasteiger partial charge in [0.2, 0.25) is 0 Å². The number of hydrogen-bond donors (Lipinski definition) is 2. The Bertz CT molecular complexity index is 899. The summed E-state index contributed by atoms with van der Waals surface area (Å²) in [5, 5.41) is 3.06. The molecule has 1 aliphatic rings. The molecule has 1 aliphatic heterocycles. The minimum Gasteiger partial charge on any atom is -0.350 e. The topological polar surface area (TPSA) is 38.5 Å². The molecule has 3 aromatic rings. The molecule has 0 spiro atoms. The Labute approximate surface area is 160 Å². The molecular formula is C23H26N3O+. The van der Waals surface area contributed by atoms with Crippen LogP contribution in [0.25, 0.3) is 11.1 Å². The van der Waals surface area contributed by atoms with Gasteiger partial charge in [-0.05, 0) is 35.4 Å². The standard InChI is InChI=1S/C23H25N3O/c1-25-15-5-9-21(25)22-10-6-16-26(22)17-23(27)24-20-13-11-19(12-14-20)18-7-3-2-4-8-18/h2-5,7-9,11-15,22H,6,10,16-17H2,1H3,(H,24,27)/p+1/t22-/m1/s1. The summed E-state index contributed by atoms with van der Waals surface area (Å²) in [4.78, 5) is 13.9. The van der Waals surface area contributed by atoms with Crippen LogP contribution >= 0.6 is 0 Å². The van der Waals surface area contributed by atoms with Crippen LogP contribution in [0.2, 0.25) is 0 Å². The van der Waals surface area contributed by atoms with Crippen molar-refractivity contribution < 1.29 is 9.69 Å². The quantitative estimate of drug-likeness (QED) is 0.721. The number of aromatic nitrogens is 1. The summed E-state index contributed by atoms with van der Waals surface area (Å²) in [7, 11) is 2.08. The zero-order valence-corrected chi connectivity index (χ0v) is 15.7. The Morgan fingerprint density at radius 2 is 1.78 bits per heavy atom. The fraction of sp³-hybridized carbons (Fsp3) is 0.261. The minimum atomic E-state index is 0.0820. The molecule has 4 rings (SSSR count). The number of amides is 1. The number of aryl methyl sites for hydroxylation is 1. The molecule has 1 unspecified atom stereocenters. The van der Waals surface area contributed by atoms with Crippen LogP contribution < -0.4 is 10.2 Å². The molecule has 1 fully saturated rings. The van der Waals surface area contributed by atoms with E-state index in [-0.39, 0.29) is 5.91 Å². The predicted octanol–water partition coefficient (Wildman–Crippen LogP) is 3.05. The second kappa shape index (κ2) is 7.80. The number of quaternary nitrogens is 1. The van der Waals surface area contributed by atoms with Crippen molar-refractivity contribution in [3.63, 3.8) is 0 Å². The van der Waals surface area contributed by atoms with E-state index in [1.807, 2.05) is 30.3 Å². The highest BCUT2D eigenvalue weighted by Gasteiger charge is 2.32. The molecule has 1 saturated heterocycles. The molecule has 138 valence electrons. The van der Waals surface area contributed by atoms with Gasteiger partial charge in [0.05, 0.1) is 12.2 Å². The van der Waals surface area contributed by atoms with E-state index in [1.54, 1.807) is 0 Å². The van der Waals surface area contributed by atoms with Gasteiger partial charge in [-0.15, -0.1) is 0 Å². The smallest absolute Gasteiger partial charge is 0.279 e. The number of carbonyl (C=O) groups excluding carboxylic acids is 1. The highest BCUT2D eigenvalue weighted by atomic mass is 16.2. The van der Waals surface area contributed by atoms with Crippen LogP contribution in [0.1, 0.15) is 24.6 Å². The number of benzene rings is 2. The van der Waals surface area contributed by atoms with E-state index in [0.29, 0.717) is 12.6 Å². The lowest BCUT2D eigenvalue weighted by molar-refractivity contribution is -0.910. The van der Waals surface area contributed by atoms with Crippen molar-refractivity contribution in [1.29, 1.82) is 0 Å². The lowest BCUT2D eigenvalue weighted by atomic mass is 10.1. The summed E-state index contributed by atoms with van der Waals surface area (Å²) in [6.45, 7) is 1.56. The largest absolute Gasteiger partial charge is 0.350 e. The molecule has 0 saturated carbocycles. The first-order valence-electron chi connectivity index (χ1n) is 9.62. The van der Waals surface area contributed by atoms with E-state index in [2.05, 4.69) is 59.5 Å². The summed E-state index contributed by atoms with van der Waals surface area (Å²) >= 11 is 0. The fourth-order valence-electron chi connectivity index (χ4n) is 4.10. The molecular weight excluding hydrogens is 334 g/mol. The van der Waals surface area contributed by atoms with Gasteiger partial charge in [-0.25, -0.2) is 0 Å². The SMILES string of the molecule is Cn1cccc1[C@H]1CCC[NH+]1CC(=O)Nc1ccc(-c2ccccc2)cc1. The van der Waals surface area contributed by atoms with E-state index < -0.39 is 0 Å². The monoisotopic (exact) mass is 360 g/mol. The first-order valence-corrected chi connectivity index (χ1v) is 9.62. The number of rotatable bonds is 5. The van der Waals surface area contributed by atoms with E-state index in [4.69, 9.17) is 0 Å². The Morgan fingerprint density at radius 1 is 1.04 bits per heavy atom. The van der Waals surface area contributed by atoms with Crippen LogP contribution in [-0.2, 0) is 11.8 Å². The van der Waals surface area contributed by atoms with Crippen LogP contribution in [0.3, 0.4) is 0 Å². The molecule has 4 nitrogen and oxygen atoms in total. The van der Waals surface area contributed by atoms with Crippen LogP contribution in [0.4, 0.5) is 5.69 Å². The summed E-state index contributed by atoms with van der Waals surface area (Å²) in [6, 6.07) is 23.0. The number of likely N-dealkylation sites (tertiary alicyclic amines) is 1. The minimum absolute atomic E-state index is 0.0820. The predicted molar refractivity (Wildman–Crippen MR) is 109 cm³/mol. The zero-order chi connectivity index (χ0) is 18.6. The Morgan fingerprint density at radius 3 is 2.48 bits per heavy atom. The Hall–Kier alpha value is -2.85. The van der Waals surface area contributed by atoms with Gasteiger partial charge in [-0.3, -0.25) is 4.79 Å². The highest BCUT2D eigenvalue weighted by molar-refractivity contribution is 5.91. The molecule has 2 N–H and O–H groups in total. The number of nitrogens with one attached hydrogen (secondary N) is 2. The molecule has 0 bridgehead atoms. The maximum Gasteiger partial charge on any atom is 0.279 e. The van der Waals surface area contributed by atoms with Crippen molar-refractivity contribution in [3.05, 3.63) is 78.6 Å². The van der Waals surface area contributed by atoms with Crippen molar-refractivity contribution in [3.8, 4) is 11.1 Å². The second-order valence-electron chi connectivity index (χ2n) is 7.32. The number of carbonyl (C=O) groups is 1. The van der Waals surface area contributed by atoms with Gasteiger partial charge in [0.1, 0.15) is 6.04 Å². The zero-order valence-electron chi connectivity index (χ0n) is 15.7. The summed E-state index contributed by atoms with van der Waals surface area (Å²) in [5.41, 5.74) is 4.51. The lowest BCUT2D eigenvalue weighted by Crippen LogP contribution is -3.11. The normalized spacial score (nSPS) is 19.1. The molecule has 2 heterocycles.